The summed E-state index contributed by atoms with van der Waals surface area (Å²) in [5.74, 6) is 0. The second kappa shape index (κ2) is 8.95. The topological polar surface area (TPSA) is 22.1 Å². The Bertz CT molecular complexity index is 2030. The van der Waals surface area contributed by atoms with Crippen LogP contribution in [-0.4, -0.2) is 21.6 Å². The van der Waals surface area contributed by atoms with Crippen molar-refractivity contribution in [3.05, 3.63) is 90.1 Å². The molecule has 5 heteroatoms. The average molecular weight is 588 g/mol. The normalized spacial score (nSPS) is 16.1. The molecular weight excluding hydrogens is 551 g/mol. The van der Waals surface area contributed by atoms with Crippen LogP contribution in [0.2, 0.25) is 26.2 Å². The van der Waals surface area contributed by atoms with E-state index in [1.807, 2.05) is 17.5 Å². The molecule has 0 spiro atoms. The van der Waals surface area contributed by atoms with E-state index in [2.05, 4.69) is 127 Å². The number of hydrogen-bond donors (Lipinski definition) is 0. The minimum absolute atomic E-state index is 0.0329. The van der Waals surface area contributed by atoms with Gasteiger partial charge in [-0.15, -0.1) is 11.3 Å². The van der Waals surface area contributed by atoms with Crippen LogP contribution in [0.4, 0.5) is 0 Å². The molecule has 0 N–H and O–H groups in total. The van der Waals surface area contributed by atoms with Gasteiger partial charge in [0.2, 0.25) is 16.6 Å². The van der Waals surface area contributed by atoms with Gasteiger partial charge in [0.05, 0.1) is 10.4 Å². The molecule has 41 heavy (non-hydrogen) atoms. The summed E-state index contributed by atoms with van der Waals surface area (Å²) in [6.45, 7) is 18.6. The molecule has 0 fully saturated rings. The van der Waals surface area contributed by atoms with E-state index in [0.717, 1.165) is 5.69 Å². The number of aromatic nitrogens is 1. The van der Waals surface area contributed by atoms with E-state index < -0.39 is 16.6 Å². The number of pyridine rings is 1. The second-order valence-electron chi connectivity index (χ2n) is 13.6. The summed E-state index contributed by atoms with van der Waals surface area (Å²) in [6.07, 6.45) is 1.98. The molecule has 206 valence electrons. The largest absolute Gasteiger partial charge is 0.449 e. The van der Waals surface area contributed by atoms with Crippen LogP contribution in [0, 0.1) is 6.92 Å². The Kier molecular flexibility index (Phi) is 5.85. The van der Waals surface area contributed by atoms with Gasteiger partial charge < -0.3 is 4.12 Å². The third-order valence-corrected chi connectivity index (χ3v) is 18.0. The lowest BCUT2D eigenvalue weighted by Gasteiger charge is -2.22. The van der Waals surface area contributed by atoms with Crippen molar-refractivity contribution in [3.8, 4) is 22.4 Å². The van der Waals surface area contributed by atoms with Crippen molar-refractivity contribution in [1.29, 1.82) is 0 Å². The van der Waals surface area contributed by atoms with Crippen LogP contribution in [0.5, 0.6) is 0 Å². The smallest absolute Gasteiger partial charge is 0.206 e. The third-order valence-electron chi connectivity index (χ3n) is 8.89. The predicted octanol–water partition coefficient (Wildman–Crippen LogP) is 9.40. The van der Waals surface area contributed by atoms with Crippen molar-refractivity contribution in [1.82, 2.24) is 4.98 Å². The SMILES string of the molecule is Cc1c(-c2ccc3c(c2)[Si](C)(C)O[Si]3(C)C)ccc2c1sc1c(-c3cc(C(C)(C)C)c4ccccc4c3)nccc12. The van der Waals surface area contributed by atoms with Crippen molar-refractivity contribution in [2.24, 2.45) is 0 Å². The summed E-state index contributed by atoms with van der Waals surface area (Å²) in [5, 5.41) is 8.17. The first-order chi connectivity index (χ1) is 19.3. The van der Waals surface area contributed by atoms with Crippen molar-refractivity contribution in [2.45, 2.75) is 59.3 Å². The van der Waals surface area contributed by atoms with Gasteiger partial charge in [0.1, 0.15) is 0 Å². The van der Waals surface area contributed by atoms with Gasteiger partial charge in [-0.25, -0.2) is 0 Å². The maximum atomic E-state index is 6.72. The zero-order valence-corrected chi connectivity index (χ0v) is 28.1. The van der Waals surface area contributed by atoms with Crippen LogP contribution >= 0.6 is 11.3 Å². The van der Waals surface area contributed by atoms with E-state index in [9.17, 15) is 0 Å². The predicted molar refractivity (Wildman–Crippen MR) is 184 cm³/mol. The molecule has 4 aromatic carbocycles. The molecule has 2 nitrogen and oxygen atoms in total. The van der Waals surface area contributed by atoms with Gasteiger partial charge in [-0.05, 0) is 100 Å². The molecule has 0 radical (unpaired) electrons. The minimum atomic E-state index is -1.88. The monoisotopic (exact) mass is 587 g/mol. The first kappa shape index (κ1) is 26.8. The fourth-order valence-electron chi connectivity index (χ4n) is 6.97. The highest BCUT2D eigenvalue weighted by Gasteiger charge is 2.46. The first-order valence-electron chi connectivity index (χ1n) is 14.6. The summed E-state index contributed by atoms with van der Waals surface area (Å²) in [4.78, 5) is 4.99. The van der Waals surface area contributed by atoms with E-state index in [1.165, 1.54) is 69.1 Å². The minimum Gasteiger partial charge on any atom is -0.449 e. The molecule has 0 bridgehead atoms. The van der Waals surface area contributed by atoms with E-state index in [0.29, 0.717) is 0 Å². The number of benzene rings is 4. The quantitative estimate of drug-likeness (QED) is 0.188. The van der Waals surface area contributed by atoms with E-state index >= 15 is 0 Å². The number of rotatable bonds is 2. The van der Waals surface area contributed by atoms with Gasteiger partial charge in [-0.2, -0.15) is 0 Å². The number of aryl methyl sites for hydroxylation is 1. The Morgan fingerprint density at radius 1 is 0.707 bits per heavy atom. The van der Waals surface area contributed by atoms with Crippen LogP contribution in [0.15, 0.2) is 79.0 Å². The van der Waals surface area contributed by atoms with E-state index in [1.54, 1.807) is 0 Å². The summed E-state index contributed by atoms with van der Waals surface area (Å²) in [7, 11) is -3.70. The zero-order valence-electron chi connectivity index (χ0n) is 25.3. The number of nitrogens with zero attached hydrogens (tertiary/aromatic N) is 1. The molecule has 3 heterocycles. The van der Waals surface area contributed by atoms with Crippen molar-refractivity contribution < 1.29 is 4.12 Å². The third kappa shape index (κ3) is 4.16. The lowest BCUT2D eigenvalue weighted by atomic mass is 9.82. The fraction of sp³-hybridized carbons (Fsp3) is 0.250. The molecule has 1 aliphatic rings. The molecule has 6 aromatic rings. The second-order valence-corrected chi connectivity index (χ2v) is 22.6. The van der Waals surface area contributed by atoms with Crippen molar-refractivity contribution >= 4 is 69.3 Å². The highest BCUT2D eigenvalue weighted by Crippen LogP contribution is 2.44. The highest BCUT2D eigenvalue weighted by atomic mass is 32.1. The molecule has 0 amide bonds. The van der Waals surface area contributed by atoms with E-state index in [4.69, 9.17) is 9.10 Å². The summed E-state index contributed by atoms with van der Waals surface area (Å²) < 4.78 is 9.34. The van der Waals surface area contributed by atoms with Gasteiger partial charge >= 0.3 is 0 Å². The van der Waals surface area contributed by atoms with E-state index in [-0.39, 0.29) is 5.41 Å². The molecule has 0 saturated carbocycles. The molecule has 0 unspecified atom stereocenters. The Morgan fingerprint density at radius 3 is 2.22 bits per heavy atom. The molecular formula is C36H37NOSSi2. The van der Waals surface area contributed by atoms with Gasteiger partial charge in [-0.1, -0.05) is 75.4 Å². The van der Waals surface area contributed by atoms with Crippen LogP contribution in [0.25, 0.3) is 53.3 Å². The van der Waals surface area contributed by atoms with Crippen LogP contribution in [0.3, 0.4) is 0 Å². The summed E-state index contributed by atoms with van der Waals surface area (Å²) in [6, 6.07) is 27.4. The number of fused-ring (bicyclic) bond motifs is 5. The molecule has 2 aromatic heterocycles. The van der Waals surface area contributed by atoms with Gasteiger partial charge in [0, 0.05) is 27.2 Å². The maximum absolute atomic E-state index is 6.72. The maximum Gasteiger partial charge on any atom is 0.206 e. The van der Waals surface area contributed by atoms with Crippen LogP contribution in [-0.2, 0) is 9.53 Å². The van der Waals surface area contributed by atoms with Gasteiger partial charge in [-0.3, -0.25) is 4.98 Å². The molecule has 7 rings (SSSR count). The molecule has 0 aliphatic carbocycles. The van der Waals surface area contributed by atoms with Crippen LogP contribution in [0.1, 0.15) is 31.9 Å². The van der Waals surface area contributed by atoms with Crippen molar-refractivity contribution in [2.75, 3.05) is 0 Å². The number of thiophene rings is 1. The Labute approximate surface area is 249 Å². The molecule has 0 saturated heterocycles. The lowest BCUT2D eigenvalue weighted by molar-refractivity contribution is 0.583. The van der Waals surface area contributed by atoms with Crippen LogP contribution < -0.4 is 10.4 Å². The fourth-order valence-corrected chi connectivity index (χ4v) is 18.5. The average Bonchev–Trinajstić information content (AvgIpc) is 3.39. The molecule has 0 atom stereocenters. The Morgan fingerprint density at radius 2 is 1.44 bits per heavy atom. The lowest BCUT2D eigenvalue weighted by Crippen LogP contribution is -2.44. The molecule has 1 aliphatic heterocycles. The van der Waals surface area contributed by atoms with Crippen molar-refractivity contribution in [3.63, 3.8) is 0 Å². The Hall–Kier alpha value is -3.10. The number of hydrogen-bond acceptors (Lipinski definition) is 3. The Balaban J connectivity index is 1.42. The summed E-state index contributed by atoms with van der Waals surface area (Å²) >= 11 is 1.89. The zero-order chi connectivity index (χ0) is 28.9. The van der Waals surface area contributed by atoms with Gasteiger partial charge in [0.25, 0.3) is 0 Å². The highest BCUT2D eigenvalue weighted by molar-refractivity contribution is 7.26. The first-order valence-corrected chi connectivity index (χ1v) is 21.2. The van der Waals surface area contributed by atoms with Gasteiger partial charge in [0.15, 0.2) is 0 Å². The standard InChI is InChI=1S/C36H37NOSSi2/c1-22-26(24-13-16-31-32(21-24)41(7,8)38-40(31,5)6)14-15-28-29-17-18-37-33(35(29)39-34(22)28)25-19-23-11-9-10-12-27(23)30(20-25)36(2,3)4/h9-21H,1-8H3. The summed E-state index contributed by atoms with van der Waals surface area (Å²) in [5.41, 5.74) is 7.64.